The highest BCUT2D eigenvalue weighted by molar-refractivity contribution is 5.92. The van der Waals surface area contributed by atoms with Gasteiger partial charge in [-0.15, -0.1) is 0 Å². The van der Waals surface area contributed by atoms with Crippen molar-refractivity contribution in [3.05, 3.63) is 18.0 Å². The van der Waals surface area contributed by atoms with Crippen LogP contribution in [-0.2, 0) is 11.8 Å². The summed E-state index contributed by atoms with van der Waals surface area (Å²) in [7, 11) is 1.78. The number of piperazine rings is 1. The molecule has 1 atom stereocenters. The smallest absolute Gasteiger partial charge is 0.272 e. The van der Waals surface area contributed by atoms with E-state index in [0.717, 1.165) is 39.0 Å². The van der Waals surface area contributed by atoms with E-state index in [-0.39, 0.29) is 17.9 Å². The van der Waals surface area contributed by atoms with E-state index in [4.69, 9.17) is 0 Å². The quantitative estimate of drug-likeness (QED) is 0.791. The standard InChI is InChI=1S/C18H29N5O2/c1-14(2)5-8-22-9-6-16(18(22)25)21-10-12-23(13-11-21)17(24)15-4-7-19-20(15)3/h4,7,14,16H,5-6,8-13H2,1-3H3. The summed E-state index contributed by atoms with van der Waals surface area (Å²) in [4.78, 5) is 31.3. The number of hydrogen-bond donors (Lipinski definition) is 0. The summed E-state index contributed by atoms with van der Waals surface area (Å²) in [6.45, 7) is 8.97. The molecule has 1 unspecified atom stereocenters. The van der Waals surface area contributed by atoms with Crippen molar-refractivity contribution < 1.29 is 9.59 Å². The number of rotatable bonds is 5. The van der Waals surface area contributed by atoms with E-state index in [1.54, 1.807) is 24.0 Å². The maximum absolute atomic E-state index is 12.7. The van der Waals surface area contributed by atoms with Gasteiger partial charge in [0.25, 0.3) is 5.91 Å². The lowest BCUT2D eigenvalue weighted by atomic mass is 10.1. The molecule has 7 nitrogen and oxygen atoms in total. The Balaban J connectivity index is 1.52. The van der Waals surface area contributed by atoms with Gasteiger partial charge in [0.05, 0.1) is 6.04 Å². The molecule has 25 heavy (non-hydrogen) atoms. The Morgan fingerprint density at radius 1 is 1.24 bits per heavy atom. The van der Waals surface area contributed by atoms with E-state index in [2.05, 4.69) is 23.8 Å². The van der Waals surface area contributed by atoms with Gasteiger partial charge in [-0.05, 0) is 24.8 Å². The van der Waals surface area contributed by atoms with Gasteiger partial charge in [0, 0.05) is 52.5 Å². The van der Waals surface area contributed by atoms with Crippen LogP contribution in [0, 0.1) is 5.92 Å². The first-order valence-electron chi connectivity index (χ1n) is 9.27. The van der Waals surface area contributed by atoms with Crippen LogP contribution < -0.4 is 0 Å². The summed E-state index contributed by atoms with van der Waals surface area (Å²) >= 11 is 0. The number of carbonyl (C=O) groups is 2. The van der Waals surface area contributed by atoms with Crippen LogP contribution in [0.5, 0.6) is 0 Å². The van der Waals surface area contributed by atoms with Crippen molar-refractivity contribution in [3.8, 4) is 0 Å². The van der Waals surface area contributed by atoms with Crippen molar-refractivity contribution in [1.82, 2.24) is 24.5 Å². The monoisotopic (exact) mass is 347 g/mol. The molecule has 2 aliphatic heterocycles. The van der Waals surface area contributed by atoms with Gasteiger partial charge in [-0.25, -0.2) is 0 Å². The minimum absolute atomic E-state index is 0.00103. The Morgan fingerprint density at radius 3 is 2.56 bits per heavy atom. The number of nitrogens with zero attached hydrogens (tertiary/aromatic N) is 5. The molecule has 7 heteroatoms. The van der Waals surface area contributed by atoms with Crippen molar-refractivity contribution in [1.29, 1.82) is 0 Å². The fourth-order valence-corrected chi connectivity index (χ4v) is 3.68. The highest BCUT2D eigenvalue weighted by Gasteiger charge is 2.37. The zero-order chi connectivity index (χ0) is 18.0. The predicted octanol–water partition coefficient (Wildman–Crippen LogP) is 0.825. The third-order valence-corrected chi connectivity index (χ3v) is 5.33. The lowest BCUT2D eigenvalue weighted by molar-refractivity contribution is -0.132. The van der Waals surface area contributed by atoms with E-state index in [1.165, 1.54) is 0 Å². The Kier molecular flexibility index (Phi) is 5.42. The molecule has 138 valence electrons. The van der Waals surface area contributed by atoms with Gasteiger partial charge in [-0.1, -0.05) is 13.8 Å². The van der Waals surface area contributed by atoms with E-state index in [0.29, 0.717) is 24.7 Å². The molecule has 1 aromatic heterocycles. The zero-order valence-corrected chi connectivity index (χ0v) is 15.5. The largest absolute Gasteiger partial charge is 0.341 e. The number of hydrogen-bond acceptors (Lipinski definition) is 4. The predicted molar refractivity (Wildman–Crippen MR) is 95.1 cm³/mol. The van der Waals surface area contributed by atoms with Crippen LogP contribution in [0.1, 0.15) is 37.2 Å². The lowest BCUT2D eigenvalue weighted by Crippen LogP contribution is -2.54. The minimum atomic E-state index is 0.00103. The van der Waals surface area contributed by atoms with E-state index < -0.39 is 0 Å². The molecule has 0 radical (unpaired) electrons. The van der Waals surface area contributed by atoms with Crippen LogP contribution in [0.25, 0.3) is 0 Å². The molecule has 3 heterocycles. The Hall–Kier alpha value is -1.89. The average molecular weight is 347 g/mol. The minimum Gasteiger partial charge on any atom is -0.341 e. The molecule has 0 N–H and O–H groups in total. The first-order valence-corrected chi connectivity index (χ1v) is 9.27. The summed E-state index contributed by atoms with van der Waals surface area (Å²) in [6, 6.07) is 1.75. The Morgan fingerprint density at radius 2 is 1.96 bits per heavy atom. The molecule has 0 bridgehead atoms. The fourth-order valence-electron chi connectivity index (χ4n) is 3.68. The van der Waals surface area contributed by atoms with Gasteiger partial charge in [0.15, 0.2) is 0 Å². The molecule has 2 aliphatic rings. The maximum atomic E-state index is 12.7. The van der Waals surface area contributed by atoms with E-state index >= 15 is 0 Å². The first kappa shape index (κ1) is 17.9. The molecule has 0 saturated carbocycles. The Bertz CT molecular complexity index is 619. The molecule has 0 spiro atoms. The zero-order valence-electron chi connectivity index (χ0n) is 15.5. The van der Waals surface area contributed by atoms with Crippen molar-refractivity contribution in [2.45, 2.75) is 32.7 Å². The molecule has 2 saturated heterocycles. The normalized spacial score (nSPS) is 22.2. The summed E-state index contributed by atoms with van der Waals surface area (Å²) in [5.41, 5.74) is 0.616. The highest BCUT2D eigenvalue weighted by atomic mass is 16.2. The number of aromatic nitrogens is 2. The van der Waals surface area contributed by atoms with Crippen molar-refractivity contribution in [3.63, 3.8) is 0 Å². The number of amides is 2. The van der Waals surface area contributed by atoms with Gasteiger partial charge in [0.2, 0.25) is 5.91 Å². The van der Waals surface area contributed by atoms with Gasteiger partial charge in [0.1, 0.15) is 5.69 Å². The van der Waals surface area contributed by atoms with Crippen molar-refractivity contribution in [2.75, 3.05) is 39.3 Å². The number of aryl methyl sites for hydroxylation is 1. The van der Waals surface area contributed by atoms with Crippen molar-refractivity contribution >= 4 is 11.8 Å². The second kappa shape index (κ2) is 7.56. The topological polar surface area (TPSA) is 61.7 Å². The van der Waals surface area contributed by atoms with Gasteiger partial charge >= 0.3 is 0 Å². The van der Waals surface area contributed by atoms with Crippen LogP contribution in [0.4, 0.5) is 0 Å². The average Bonchev–Trinajstić information content (AvgIpc) is 3.18. The van der Waals surface area contributed by atoms with Crippen molar-refractivity contribution in [2.24, 2.45) is 13.0 Å². The molecule has 1 aromatic rings. The van der Waals surface area contributed by atoms with Crippen LogP contribution >= 0.6 is 0 Å². The van der Waals surface area contributed by atoms with Gasteiger partial charge in [-0.2, -0.15) is 5.10 Å². The third-order valence-electron chi connectivity index (χ3n) is 5.33. The maximum Gasteiger partial charge on any atom is 0.272 e. The van der Waals surface area contributed by atoms with Crippen LogP contribution in [-0.4, -0.2) is 81.6 Å². The number of likely N-dealkylation sites (tertiary alicyclic amines) is 1. The van der Waals surface area contributed by atoms with E-state index in [1.807, 2.05) is 9.80 Å². The lowest BCUT2D eigenvalue weighted by Gasteiger charge is -2.37. The van der Waals surface area contributed by atoms with Gasteiger partial charge in [-0.3, -0.25) is 19.2 Å². The van der Waals surface area contributed by atoms with Crippen LogP contribution in [0.15, 0.2) is 12.3 Å². The Labute approximate surface area is 149 Å². The molecule has 3 rings (SSSR count). The third kappa shape index (κ3) is 3.86. The SMILES string of the molecule is CC(C)CCN1CCC(N2CCN(C(=O)c3ccnn3C)CC2)C1=O. The van der Waals surface area contributed by atoms with Crippen LogP contribution in [0.2, 0.25) is 0 Å². The molecule has 2 amide bonds. The second-order valence-electron chi connectivity index (χ2n) is 7.48. The summed E-state index contributed by atoms with van der Waals surface area (Å²) < 4.78 is 1.61. The summed E-state index contributed by atoms with van der Waals surface area (Å²) in [5, 5.41) is 4.07. The highest BCUT2D eigenvalue weighted by Crippen LogP contribution is 2.20. The fraction of sp³-hybridized carbons (Fsp3) is 0.722. The molecule has 2 fully saturated rings. The summed E-state index contributed by atoms with van der Waals surface area (Å²) in [5.74, 6) is 0.913. The molecule has 0 aromatic carbocycles. The van der Waals surface area contributed by atoms with E-state index in [9.17, 15) is 9.59 Å². The molecule has 0 aliphatic carbocycles. The molecular weight excluding hydrogens is 318 g/mol. The first-order chi connectivity index (χ1) is 12.0. The molecular formula is C18H29N5O2. The summed E-state index contributed by atoms with van der Waals surface area (Å²) in [6.07, 6.45) is 3.62. The van der Waals surface area contributed by atoms with Crippen LogP contribution in [0.3, 0.4) is 0 Å². The number of carbonyl (C=O) groups excluding carboxylic acids is 2. The second-order valence-corrected chi connectivity index (χ2v) is 7.48. The van der Waals surface area contributed by atoms with Gasteiger partial charge < -0.3 is 9.80 Å².